The Morgan fingerprint density at radius 3 is 2.77 bits per heavy atom. The normalized spacial score (nSPS) is 18.6. The van der Waals surface area contributed by atoms with E-state index in [1.165, 1.54) is 0 Å². The first-order valence-electron chi connectivity index (χ1n) is 4.65. The average Bonchev–Trinajstić information content (AvgIpc) is 2.81. The summed E-state index contributed by atoms with van der Waals surface area (Å²) in [6, 6.07) is 3.85. The number of hydrogen-bond donors (Lipinski definition) is 2. The van der Waals surface area contributed by atoms with Gasteiger partial charge in [0, 0.05) is 18.0 Å². The molecule has 0 aliphatic heterocycles. The fourth-order valence-electron chi connectivity index (χ4n) is 1.37. The zero-order valence-electron chi connectivity index (χ0n) is 7.84. The first kappa shape index (κ1) is 8.63. The molecule has 1 aliphatic carbocycles. The predicted octanol–water partition coefficient (Wildman–Crippen LogP) is 1.77. The van der Waals surface area contributed by atoms with Gasteiger partial charge in [-0.25, -0.2) is 0 Å². The van der Waals surface area contributed by atoms with E-state index in [2.05, 4.69) is 5.32 Å². The minimum Gasteiger partial charge on any atom is -0.446 e. The van der Waals surface area contributed by atoms with Gasteiger partial charge in [0.05, 0.1) is 6.61 Å². The standard InChI is InChI=1S/C10H15NO2/c1-8-2-3-9(13-8)11-6-10(7-12)4-5-10/h2-3,11-12H,4-7H2,1H3. The van der Waals surface area contributed by atoms with Gasteiger partial charge in [-0.1, -0.05) is 0 Å². The van der Waals surface area contributed by atoms with Crippen LogP contribution in [0.15, 0.2) is 16.5 Å². The van der Waals surface area contributed by atoms with Gasteiger partial charge in [0.15, 0.2) is 5.88 Å². The van der Waals surface area contributed by atoms with Crippen LogP contribution in [0.1, 0.15) is 18.6 Å². The second kappa shape index (κ2) is 3.07. The summed E-state index contributed by atoms with van der Waals surface area (Å²) in [5.41, 5.74) is 0.140. The highest BCUT2D eigenvalue weighted by molar-refractivity contribution is 5.32. The second-order valence-corrected chi connectivity index (χ2v) is 3.92. The number of furan rings is 1. The molecule has 0 aromatic carbocycles. The van der Waals surface area contributed by atoms with E-state index in [1.807, 2.05) is 19.1 Å². The Labute approximate surface area is 77.8 Å². The van der Waals surface area contributed by atoms with Crippen LogP contribution >= 0.6 is 0 Å². The van der Waals surface area contributed by atoms with E-state index in [-0.39, 0.29) is 12.0 Å². The molecule has 1 fully saturated rings. The monoisotopic (exact) mass is 181 g/mol. The largest absolute Gasteiger partial charge is 0.446 e. The van der Waals surface area contributed by atoms with Gasteiger partial charge in [-0.15, -0.1) is 0 Å². The number of aliphatic hydroxyl groups is 1. The Hall–Kier alpha value is -0.960. The number of anilines is 1. The van der Waals surface area contributed by atoms with Crippen molar-refractivity contribution in [1.82, 2.24) is 0 Å². The van der Waals surface area contributed by atoms with Crippen LogP contribution in [-0.4, -0.2) is 18.3 Å². The molecule has 72 valence electrons. The Morgan fingerprint density at radius 1 is 1.54 bits per heavy atom. The van der Waals surface area contributed by atoms with Crippen LogP contribution < -0.4 is 5.32 Å². The number of aryl methyl sites for hydroxylation is 1. The smallest absolute Gasteiger partial charge is 0.193 e. The molecule has 0 bridgehead atoms. The van der Waals surface area contributed by atoms with Gasteiger partial charge in [0.1, 0.15) is 5.76 Å². The topological polar surface area (TPSA) is 45.4 Å². The minimum atomic E-state index is 0.140. The van der Waals surface area contributed by atoms with Crippen molar-refractivity contribution < 1.29 is 9.52 Å². The molecule has 13 heavy (non-hydrogen) atoms. The summed E-state index contributed by atoms with van der Waals surface area (Å²) < 4.78 is 5.36. The molecule has 1 aromatic rings. The maximum absolute atomic E-state index is 9.07. The molecule has 0 atom stereocenters. The summed E-state index contributed by atoms with van der Waals surface area (Å²) in [6.45, 7) is 3.01. The van der Waals surface area contributed by atoms with Crippen molar-refractivity contribution in [1.29, 1.82) is 0 Å². The van der Waals surface area contributed by atoms with Crippen LogP contribution in [0.2, 0.25) is 0 Å². The zero-order valence-corrected chi connectivity index (χ0v) is 7.84. The van der Waals surface area contributed by atoms with Gasteiger partial charge in [-0.3, -0.25) is 0 Å². The zero-order chi connectivity index (χ0) is 9.31. The lowest BCUT2D eigenvalue weighted by molar-refractivity contribution is 0.219. The molecule has 0 saturated heterocycles. The number of hydrogen-bond acceptors (Lipinski definition) is 3. The SMILES string of the molecule is Cc1ccc(NCC2(CO)CC2)o1. The van der Waals surface area contributed by atoms with Crippen molar-refractivity contribution in [3.8, 4) is 0 Å². The molecule has 3 heteroatoms. The Balaban J connectivity index is 1.86. The van der Waals surface area contributed by atoms with E-state index < -0.39 is 0 Å². The fraction of sp³-hybridized carbons (Fsp3) is 0.600. The van der Waals surface area contributed by atoms with Crippen molar-refractivity contribution in [2.45, 2.75) is 19.8 Å². The van der Waals surface area contributed by atoms with E-state index in [4.69, 9.17) is 9.52 Å². The fourth-order valence-corrected chi connectivity index (χ4v) is 1.37. The Kier molecular flexibility index (Phi) is 2.04. The van der Waals surface area contributed by atoms with Gasteiger partial charge >= 0.3 is 0 Å². The average molecular weight is 181 g/mol. The van der Waals surface area contributed by atoms with Gasteiger partial charge in [0.2, 0.25) is 0 Å². The molecular weight excluding hydrogens is 166 g/mol. The third-order valence-electron chi connectivity index (χ3n) is 2.67. The summed E-state index contributed by atoms with van der Waals surface area (Å²) in [5.74, 6) is 1.72. The molecule has 0 spiro atoms. The highest BCUT2D eigenvalue weighted by Crippen LogP contribution is 2.44. The first-order chi connectivity index (χ1) is 6.24. The van der Waals surface area contributed by atoms with Crippen molar-refractivity contribution in [3.05, 3.63) is 17.9 Å². The van der Waals surface area contributed by atoms with Crippen LogP contribution in [0, 0.1) is 12.3 Å². The lowest BCUT2D eigenvalue weighted by Crippen LogP contribution is -2.18. The second-order valence-electron chi connectivity index (χ2n) is 3.92. The van der Waals surface area contributed by atoms with Crippen LogP contribution in [-0.2, 0) is 0 Å². The predicted molar refractivity (Wildman–Crippen MR) is 50.7 cm³/mol. The lowest BCUT2D eigenvalue weighted by atomic mass is 10.1. The molecular formula is C10H15NO2. The molecule has 2 N–H and O–H groups in total. The molecule has 2 rings (SSSR count). The summed E-state index contributed by atoms with van der Waals surface area (Å²) >= 11 is 0. The van der Waals surface area contributed by atoms with Crippen molar-refractivity contribution in [2.24, 2.45) is 5.41 Å². The maximum Gasteiger partial charge on any atom is 0.193 e. The van der Waals surface area contributed by atoms with Gasteiger partial charge in [-0.05, 0) is 25.8 Å². The van der Waals surface area contributed by atoms with Crippen LogP contribution in [0.25, 0.3) is 0 Å². The van der Waals surface area contributed by atoms with E-state index in [1.54, 1.807) is 0 Å². The summed E-state index contributed by atoms with van der Waals surface area (Å²) in [4.78, 5) is 0. The van der Waals surface area contributed by atoms with E-state index in [0.29, 0.717) is 0 Å². The molecule has 0 unspecified atom stereocenters. The third kappa shape index (κ3) is 1.86. The van der Waals surface area contributed by atoms with E-state index in [9.17, 15) is 0 Å². The van der Waals surface area contributed by atoms with Gasteiger partial charge in [-0.2, -0.15) is 0 Å². The van der Waals surface area contributed by atoms with Crippen molar-refractivity contribution in [2.75, 3.05) is 18.5 Å². The molecule has 1 heterocycles. The highest BCUT2D eigenvalue weighted by atomic mass is 16.4. The van der Waals surface area contributed by atoms with Gasteiger partial charge < -0.3 is 14.8 Å². The Morgan fingerprint density at radius 2 is 2.31 bits per heavy atom. The third-order valence-corrected chi connectivity index (χ3v) is 2.67. The molecule has 0 amide bonds. The van der Waals surface area contributed by atoms with Crippen LogP contribution in [0.3, 0.4) is 0 Å². The van der Waals surface area contributed by atoms with Crippen molar-refractivity contribution in [3.63, 3.8) is 0 Å². The van der Waals surface area contributed by atoms with Gasteiger partial charge in [0.25, 0.3) is 0 Å². The van der Waals surface area contributed by atoms with Crippen molar-refractivity contribution >= 4 is 5.88 Å². The highest BCUT2D eigenvalue weighted by Gasteiger charge is 2.41. The minimum absolute atomic E-state index is 0.140. The quantitative estimate of drug-likeness (QED) is 0.744. The lowest BCUT2D eigenvalue weighted by Gasteiger charge is -2.11. The number of nitrogens with one attached hydrogen (secondary N) is 1. The van der Waals surface area contributed by atoms with Crippen LogP contribution in [0.5, 0.6) is 0 Å². The maximum atomic E-state index is 9.07. The molecule has 1 aromatic heterocycles. The number of rotatable bonds is 4. The molecule has 1 saturated carbocycles. The number of aliphatic hydroxyl groups excluding tert-OH is 1. The molecule has 3 nitrogen and oxygen atoms in total. The first-order valence-corrected chi connectivity index (χ1v) is 4.65. The summed E-state index contributed by atoms with van der Waals surface area (Å²) in [6.07, 6.45) is 2.24. The van der Waals surface area contributed by atoms with E-state index in [0.717, 1.165) is 31.0 Å². The molecule has 0 radical (unpaired) electrons. The summed E-state index contributed by atoms with van der Waals surface area (Å²) in [7, 11) is 0. The van der Waals surface area contributed by atoms with E-state index >= 15 is 0 Å². The summed E-state index contributed by atoms with van der Waals surface area (Å²) in [5, 5.41) is 12.3. The molecule has 1 aliphatic rings. The Bertz CT molecular complexity index is 289. The van der Waals surface area contributed by atoms with Crippen LogP contribution in [0.4, 0.5) is 5.88 Å².